The first kappa shape index (κ1) is 15.1. The topological polar surface area (TPSA) is 44.9 Å². The van der Waals surface area contributed by atoms with Gasteiger partial charge in [-0.3, -0.25) is 4.79 Å². The van der Waals surface area contributed by atoms with Crippen molar-refractivity contribution in [1.82, 2.24) is 10.3 Å². The van der Waals surface area contributed by atoms with Crippen LogP contribution >= 0.6 is 11.6 Å². The maximum absolute atomic E-state index is 12.4. The second-order valence-corrected chi connectivity index (χ2v) is 7.66. The minimum Gasteiger partial charge on any atom is -0.361 e. The highest BCUT2D eigenvalue weighted by Gasteiger charge is 2.46. The smallest absolute Gasteiger partial charge is 0.223 e. The van der Waals surface area contributed by atoms with Crippen molar-refractivity contribution in [2.24, 2.45) is 5.92 Å². The van der Waals surface area contributed by atoms with E-state index in [1.807, 2.05) is 18.2 Å². The first-order valence-corrected chi connectivity index (χ1v) is 9.11. The number of benzene rings is 1. The van der Waals surface area contributed by atoms with Crippen LogP contribution < -0.4 is 5.32 Å². The van der Waals surface area contributed by atoms with Crippen molar-refractivity contribution in [3.8, 4) is 0 Å². The van der Waals surface area contributed by atoms with E-state index >= 15 is 0 Å². The molecule has 2 aliphatic carbocycles. The number of nitrogens with one attached hydrogen (secondary N) is 2. The fourth-order valence-electron chi connectivity index (χ4n) is 3.99. The number of carbonyl (C=O) groups excluding carboxylic acids is 1. The average Bonchev–Trinajstić information content (AvgIpc) is 3.25. The van der Waals surface area contributed by atoms with E-state index in [1.54, 1.807) is 0 Å². The van der Waals surface area contributed by atoms with E-state index in [2.05, 4.69) is 16.5 Å². The Bertz CT molecular complexity index is 726. The molecule has 23 heavy (non-hydrogen) atoms. The molecule has 0 radical (unpaired) electrons. The summed E-state index contributed by atoms with van der Waals surface area (Å²) in [7, 11) is 0. The van der Waals surface area contributed by atoms with Gasteiger partial charge in [-0.1, -0.05) is 30.9 Å². The van der Waals surface area contributed by atoms with Gasteiger partial charge in [-0.25, -0.2) is 0 Å². The van der Waals surface area contributed by atoms with Gasteiger partial charge < -0.3 is 10.3 Å². The molecule has 0 spiro atoms. The van der Waals surface area contributed by atoms with Crippen LogP contribution in [0, 0.1) is 5.92 Å². The van der Waals surface area contributed by atoms with Gasteiger partial charge in [0.1, 0.15) is 0 Å². The molecular weight excluding hydrogens is 308 g/mol. The van der Waals surface area contributed by atoms with E-state index < -0.39 is 0 Å². The van der Waals surface area contributed by atoms with Gasteiger partial charge in [-0.05, 0) is 49.4 Å². The molecule has 122 valence electrons. The lowest BCUT2D eigenvalue weighted by molar-refractivity contribution is -0.126. The second kappa shape index (κ2) is 5.86. The van der Waals surface area contributed by atoms with E-state index in [4.69, 9.17) is 11.6 Å². The molecule has 0 bridgehead atoms. The van der Waals surface area contributed by atoms with Crippen LogP contribution in [-0.2, 0) is 10.2 Å². The molecule has 1 heterocycles. The van der Waals surface area contributed by atoms with Crippen molar-refractivity contribution in [1.29, 1.82) is 0 Å². The summed E-state index contributed by atoms with van der Waals surface area (Å²) < 4.78 is 0. The molecule has 0 atom stereocenters. The Labute approximate surface area is 141 Å². The highest BCUT2D eigenvalue weighted by Crippen LogP contribution is 2.50. The Morgan fingerprint density at radius 1 is 1.26 bits per heavy atom. The summed E-state index contributed by atoms with van der Waals surface area (Å²) >= 11 is 6.16. The predicted octanol–water partition coefficient (Wildman–Crippen LogP) is 4.55. The van der Waals surface area contributed by atoms with Gasteiger partial charge in [0, 0.05) is 40.0 Å². The summed E-state index contributed by atoms with van der Waals surface area (Å²) in [5, 5.41) is 5.20. The Morgan fingerprint density at radius 3 is 2.78 bits per heavy atom. The predicted molar refractivity (Wildman–Crippen MR) is 93.8 cm³/mol. The quantitative estimate of drug-likeness (QED) is 0.848. The molecule has 0 unspecified atom stereocenters. The summed E-state index contributed by atoms with van der Waals surface area (Å²) in [6.07, 6.45) is 10.2. The number of aromatic nitrogens is 1. The third kappa shape index (κ3) is 2.87. The molecule has 2 saturated carbocycles. The lowest BCUT2D eigenvalue weighted by Crippen LogP contribution is -2.37. The summed E-state index contributed by atoms with van der Waals surface area (Å²) in [5.41, 5.74) is 2.53. The molecule has 2 fully saturated rings. The number of hydrogen-bond acceptors (Lipinski definition) is 1. The van der Waals surface area contributed by atoms with Gasteiger partial charge in [-0.2, -0.15) is 0 Å². The van der Waals surface area contributed by atoms with E-state index in [-0.39, 0.29) is 17.2 Å². The van der Waals surface area contributed by atoms with Crippen LogP contribution in [0.3, 0.4) is 0 Å². The van der Waals surface area contributed by atoms with Crippen LogP contribution in [0.2, 0.25) is 5.02 Å². The van der Waals surface area contributed by atoms with Gasteiger partial charge in [0.2, 0.25) is 5.91 Å². The van der Waals surface area contributed by atoms with Gasteiger partial charge >= 0.3 is 0 Å². The van der Waals surface area contributed by atoms with Gasteiger partial charge in [0.15, 0.2) is 0 Å². The van der Waals surface area contributed by atoms with Crippen LogP contribution in [0.1, 0.15) is 50.5 Å². The zero-order chi connectivity index (χ0) is 15.9. The first-order chi connectivity index (χ1) is 11.2. The van der Waals surface area contributed by atoms with Crippen molar-refractivity contribution >= 4 is 28.4 Å². The minimum atomic E-state index is 0.104. The first-order valence-electron chi connectivity index (χ1n) is 8.73. The second-order valence-electron chi connectivity index (χ2n) is 7.23. The van der Waals surface area contributed by atoms with E-state index in [0.717, 1.165) is 42.8 Å². The summed E-state index contributed by atoms with van der Waals surface area (Å²) in [4.78, 5) is 15.8. The maximum atomic E-state index is 12.4. The Hall–Kier alpha value is -1.48. The highest BCUT2D eigenvalue weighted by atomic mass is 35.5. The van der Waals surface area contributed by atoms with Crippen LogP contribution in [0.15, 0.2) is 24.4 Å². The van der Waals surface area contributed by atoms with Gasteiger partial charge in [0.25, 0.3) is 0 Å². The monoisotopic (exact) mass is 330 g/mol. The lowest BCUT2D eigenvalue weighted by atomic mass is 9.88. The zero-order valence-electron chi connectivity index (χ0n) is 13.3. The molecule has 1 aromatic carbocycles. The van der Waals surface area contributed by atoms with Crippen molar-refractivity contribution in [3.63, 3.8) is 0 Å². The number of H-pyrrole nitrogens is 1. The molecular formula is C19H23ClN2O. The molecule has 2 N–H and O–H groups in total. The number of rotatable bonds is 4. The Balaban J connectivity index is 1.49. The van der Waals surface area contributed by atoms with E-state index in [9.17, 15) is 4.79 Å². The minimum absolute atomic E-state index is 0.104. The number of fused-ring (bicyclic) bond motifs is 1. The molecule has 1 aromatic heterocycles. The van der Waals surface area contributed by atoms with Crippen molar-refractivity contribution in [3.05, 3.63) is 35.0 Å². The van der Waals surface area contributed by atoms with Crippen LogP contribution in [-0.4, -0.2) is 17.4 Å². The molecule has 0 saturated heterocycles. The molecule has 4 heteroatoms. The van der Waals surface area contributed by atoms with E-state index in [1.165, 1.54) is 30.2 Å². The molecule has 2 aliphatic rings. The summed E-state index contributed by atoms with van der Waals surface area (Å²) in [5.74, 6) is 0.491. The SMILES string of the molecule is O=C(NCC1(c2c[nH]c3ccc(Cl)cc23)CC1)C1CCCCC1. The number of aromatic amines is 1. The average molecular weight is 331 g/mol. The van der Waals surface area contributed by atoms with Crippen LogP contribution in [0.4, 0.5) is 0 Å². The molecule has 0 aliphatic heterocycles. The normalized spacial score (nSPS) is 20.6. The number of carbonyl (C=O) groups is 1. The molecule has 3 nitrogen and oxygen atoms in total. The summed E-state index contributed by atoms with van der Waals surface area (Å²) in [6, 6.07) is 5.97. The fraction of sp³-hybridized carbons (Fsp3) is 0.526. The summed E-state index contributed by atoms with van der Waals surface area (Å²) in [6.45, 7) is 0.752. The zero-order valence-corrected chi connectivity index (χ0v) is 14.1. The van der Waals surface area contributed by atoms with Crippen LogP contribution in [0.5, 0.6) is 0 Å². The Morgan fingerprint density at radius 2 is 2.04 bits per heavy atom. The molecule has 4 rings (SSSR count). The fourth-order valence-corrected chi connectivity index (χ4v) is 4.16. The number of halogens is 1. The Kier molecular flexibility index (Phi) is 3.84. The standard InChI is InChI=1S/C19H23ClN2O/c20-14-6-7-17-15(10-14)16(11-21-17)19(8-9-19)12-22-18(23)13-4-2-1-3-5-13/h6-7,10-11,13,21H,1-5,8-9,12H2,(H,22,23). The number of amides is 1. The molecule has 1 amide bonds. The van der Waals surface area contributed by atoms with Gasteiger partial charge in [-0.15, -0.1) is 0 Å². The largest absolute Gasteiger partial charge is 0.361 e. The highest BCUT2D eigenvalue weighted by molar-refractivity contribution is 6.31. The van der Waals surface area contributed by atoms with Gasteiger partial charge in [0.05, 0.1) is 0 Å². The van der Waals surface area contributed by atoms with Crippen molar-refractivity contribution in [2.75, 3.05) is 6.54 Å². The number of hydrogen-bond donors (Lipinski definition) is 2. The lowest BCUT2D eigenvalue weighted by Gasteiger charge is -2.23. The maximum Gasteiger partial charge on any atom is 0.223 e. The third-order valence-corrected chi connectivity index (χ3v) is 5.88. The van der Waals surface area contributed by atoms with Crippen LogP contribution in [0.25, 0.3) is 10.9 Å². The van der Waals surface area contributed by atoms with Crippen molar-refractivity contribution < 1.29 is 4.79 Å². The molecule has 2 aromatic rings. The third-order valence-electron chi connectivity index (χ3n) is 5.65. The van der Waals surface area contributed by atoms with E-state index in [0.29, 0.717) is 0 Å². The van der Waals surface area contributed by atoms with Crippen molar-refractivity contribution in [2.45, 2.75) is 50.4 Å².